The van der Waals surface area contributed by atoms with Gasteiger partial charge in [0.15, 0.2) is 5.75 Å². The summed E-state index contributed by atoms with van der Waals surface area (Å²) >= 11 is 0. The molecule has 8 heteroatoms. The molecule has 0 saturated heterocycles. The van der Waals surface area contributed by atoms with E-state index < -0.39 is 29.0 Å². The van der Waals surface area contributed by atoms with E-state index in [0.29, 0.717) is 11.8 Å². The lowest BCUT2D eigenvalue weighted by Gasteiger charge is -2.19. The lowest BCUT2D eigenvalue weighted by molar-refractivity contribution is -0.138. The predicted octanol–water partition coefficient (Wildman–Crippen LogP) is 5.82. The van der Waals surface area contributed by atoms with Crippen molar-refractivity contribution in [1.29, 1.82) is 0 Å². The molecule has 0 heterocycles. The second-order valence-electron chi connectivity index (χ2n) is 6.32. The number of benzene rings is 3. The first-order valence-corrected chi connectivity index (χ1v) is 8.86. The van der Waals surface area contributed by atoms with Gasteiger partial charge in [-0.05, 0) is 42.0 Å². The summed E-state index contributed by atoms with van der Waals surface area (Å²) in [6.07, 6.45) is -4.81. The van der Waals surface area contributed by atoms with Gasteiger partial charge in [0.25, 0.3) is 0 Å². The topological polar surface area (TPSA) is 67.8 Å². The Labute approximate surface area is 170 Å². The Kier molecular flexibility index (Phi) is 6.15. The zero-order valence-electron chi connectivity index (χ0n) is 15.9. The van der Waals surface area contributed by atoms with Crippen LogP contribution in [0.2, 0.25) is 0 Å². The van der Waals surface area contributed by atoms with Gasteiger partial charge in [0.2, 0.25) is 0 Å². The van der Waals surface area contributed by atoms with Gasteiger partial charge in [-0.2, -0.15) is 13.2 Å². The molecular weight excluding hydrogens is 399 g/mol. The standard InChI is InChI=1S/C22H18F3NO4/c1-29-16-9-7-14(8-10-16)13-26-19-12-15(21(27)28)11-18(22(23,24)25)20(19)30-17-5-3-2-4-6-17/h2-12,26H,13H2,1H3,(H,27,28). The molecule has 3 rings (SSSR count). The van der Waals surface area contributed by atoms with Gasteiger partial charge in [-0.3, -0.25) is 0 Å². The monoisotopic (exact) mass is 417 g/mol. The first-order valence-electron chi connectivity index (χ1n) is 8.86. The number of carbonyl (C=O) groups is 1. The number of ether oxygens (including phenoxy) is 2. The highest BCUT2D eigenvalue weighted by molar-refractivity contribution is 5.90. The van der Waals surface area contributed by atoms with E-state index in [2.05, 4.69) is 5.32 Å². The fourth-order valence-corrected chi connectivity index (χ4v) is 2.75. The molecule has 0 radical (unpaired) electrons. The number of anilines is 1. The minimum Gasteiger partial charge on any atom is -0.497 e. The summed E-state index contributed by atoms with van der Waals surface area (Å²) < 4.78 is 51.7. The van der Waals surface area contributed by atoms with E-state index in [-0.39, 0.29) is 18.0 Å². The molecule has 0 unspecified atom stereocenters. The van der Waals surface area contributed by atoms with Crippen molar-refractivity contribution in [3.63, 3.8) is 0 Å². The molecule has 0 aliphatic carbocycles. The average molecular weight is 417 g/mol. The van der Waals surface area contributed by atoms with Crippen molar-refractivity contribution in [3.05, 3.63) is 83.4 Å². The third-order valence-electron chi connectivity index (χ3n) is 4.25. The number of rotatable bonds is 7. The number of hydrogen-bond donors (Lipinski definition) is 2. The molecule has 0 aliphatic heterocycles. The third kappa shape index (κ3) is 5.02. The van der Waals surface area contributed by atoms with Crippen molar-refractivity contribution in [2.24, 2.45) is 0 Å². The average Bonchev–Trinajstić information content (AvgIpc) is 2.73. The normalized spacial score (nSPS) is 11.1. The van der Waals surface area contributed by atoms with Crippen LogP contribution in [0.5, 0.6) is 17.2 Å². The van der Waals surface area contributed by atoms with Crippen LogP contribution in [-0.4, -0.2) is 18.2 Å². The van der Waals surface area contributed by atoms with Gasteiger partial charge in [0.1, 0.15) is 17.1 Å². The number of carboxylic acids is 1. The van der Waals surface area contributed by atoms with E-state index in [9.17, 15) is 23.1 Å². The predicted molar refractivity (Wildman–Crippen MR) is 105 cm³/mol. The SMILES string of the molecule is COc1ccc(CNc2cc(C(=O)O)cc(C(F)(F)F)c2Oc2ccccc2)cc1. The third-order valence-corrected chi connectivity index (χ3v) is 4.25. The largest absolute Gasteiger partial charge is 0.497 e. The molecule has 0 amide bonds. The molecule has 0 aliphatic rings. The van der Waals surface area contributed by atoms with Crippen LogP contribution in [0.15, 0.2) is 66.7 Å². The Bertz CT molecular complexity index is 1020. The van der Waals surface area contributed by atoms with E-state index in [0.717, 1.165) is 11.6 Å². The first kappa shape index (κ1) is 21.0. The molecule has 156 valence electrons. The van der Waals surface area contributed by atoms with Gasteiger partial charge in [0, 0.05) is 6.54 Å². The maximum absolute atomic E-state index is 13.7. The summed E-state index contributed by atoms with van der Waals surface area (Å²) in [6.45, 7) is 0.148. The fraction of sp³-hybridized carbons (Fsp3) is 0.136. The number of aromatic carboxylic acids is 1. The van der Waals surface area contributed by atoms with Crippen LogP contribution in [0.25, 0.3) is 0 Å². The highest BCUT2D eigenvalue weighted by Gasteiger charge is 2.37. The van der Waals surface area contributed by atoms with Gasteiger partial charge < -0.3 is 19.9 Å². The van der Waals surface area contributed by atoms with Crippen LogP contribution in [0, 0.1) is 0 Å². The Morgan fingerprint density at radius 3 is 2.23 bits per heavy atom. The van der Waals surface area contributed by atoms with Crippen molar-refractivity contribution < 1.29 is 32.5 Å². The number of methoxy groups -OCH3 is 1. The molecule has 30 heavy (non-hydrogen) atoms. The quantitative estimate of drug-likeness (QED) is 0.507. The number of carboxylic acid groups (broad SMARTS) is 1. The summed E-state index contributed by atoms with van der Waals surface area (Å²) in [7, 11) is 1.52. The van der Waals surface area contributed by atoms with Crippen molar-refractivity contribution in [2.75, 3.05) is 12.4 Å². The van der Waals surface area contributed by atoms with Gasteiger partial charge in [0.05, 0.1) is 18.4 Å². The van der Waals surface area contributed by atoms with E-state index in [1.807, 2.05) is 0 Å². The Hall–Kier alpha value is -3.68. The second-order valence-corrected chi connectivity index (χ2v) is 6.32. The van der Waals surface area contributed by atoms with Crippen LogP contribution in [0.4, 0.5) is 18.9 Å². The van der Waals surface area contributed by atoms with Crippen molar-refractivity contribution in [3.8, 4) is 17.2 Å². The van der Waals surface area contributed by atoms with Crippen LogP contribution >= 0.6 is 0 Å². The maximum atomic E-state index is 13.7. The van der Waals surface area contributed by atoms with Gasteiger partial charge in [-0.25, -0.2) is 4.79 Å². The Balaban J connectivity index is 2.02. The number of hydrogen-bond acceptors (Lipinski definition) is 4. The Morgan fingerprint density at radius 2 is 1.67 bits per heavy atom. The molecule has 0 fully saturated rings. The lowest BCUT2D eigenvalue weighted by Crippen LogP contribution is -2.12. The van der Waals surface area contributed by atoms with Crippen LogP contribution in [0.3, 0.4) is 0 Å². The molecule has 0 bridgehead atoms. The summed E-state index contributed by atoms with van der Waals surface area (Å²) in [5, 5.41) is 12.1. The zero-order chi connectivity index (χ0) is 21.7. The van der Waals surface area contributed by atoms with Gasteiger partial charge >= 0.3 is 12.1 Å². The first-order chi connectivity index (χ1) is 14.3. The van der Waals surface area contributed by atoms with Crippen molar-refractivity contribution >= 4 is 11.7 Å². The smallest absolute Gasteiger partial charge is 0.420 e. The molecular formula is C22H18F3NO4. The number of nitrogens with one attached hydrogen (secondary N) is 1. The summed E-state index contributed by atoms with van der Waals surface area (Å²) in [6, 6.07) is 16.6. The van der Waals surface area contributed by atoms with E-state index in [1.165, 1.54) is 19.2 Å². The minimum atomic E-state index is -4.81. The van der Waals surface area contributed by atoms with Crippen LogP contribution < -0.4 is 14.8 Å². The van der Waals surface area contributed by atoms with Gasteiger partial charge in [-0.15, -0.1) is 0 Å². The zero-order valence-corrected chi connectivity index (χ0v) is 15.9. The number of para-hydroxylation sites is 1. The number of alkyl halides is 3. The minimum absolute atomic E-state index is 0.0816. The summed E-state index contributed by atoms with van der Waals surface area (Å²) in [5.74, 6) is -1.14. The Morgan fingerprint density at radius 1 is 1.00 bits per heavy atom. The highest BCUT2D eigenvalue weighted by Crippen LogP contribution is 2.43. The van der Waals surface area contributed by atoms with Crippen molar-refractivity contribution in [2.45, 2.75) is 12.7 Å². The molecule has 0 saturated carbocycles. The molecule has 3 aromatic carbocycles. The summed E-state index contributed by atoms with van der Waals surface area (Å²) in [4.78, 5) is 11.4. The molecule has 3 aromatic rings. The second kappa shape index (κ2) is 8.77. The molecule has 5 nitrogen and oxygen atoms in total. The van der Waals surface area contributed by atoms with Crippen LogP contribution in [-0.2, 0) is 12.7 Å². The van der Waals surface area contributed by atoms with E-state index in [4.69, 9.17) is 9.47 Å². The summed E-state index contributed by atoms with van der Waals surface area (Å²) in [5.41, 5.74) is -0.999. The van der Waals surface area contributed by atoms with E-state index >= 15 is 0 Å². The molecule has 2 N–H and O–H groups in total. The van der Waals surface area contributed by atoms with Gasteiger partial charge in [-0.1, -0.05) is 30.3 Å². The molecule has 0 atom stereocenters. The lowest BCUT2D eigenvalue weighted by atomic mass is 10.1. The molecule has 0 aromatic heterocycles. The fourth-order valence-electron chi connectivity index (χ4n) is 2.75. The van der Waals surface area contributed by atoms with E-state index in [1.54, 1.807) is 42.5 Å². The van der Waals surface area contributed by atoms with Crippen molar-refractivity contribution in [1.82, 2.24) is 0 Å². The number of halogens is 3. The molecule has 0 spiro atoms. The maximum Gasteiger partial charge on any atom is 0.420 e. The van der Waals surface area contributed by atoms with Crippen LogP contribution in [0.1, 0.15) is 21.5 Å². The highest BCUT2D eigenvalue weighted by atomic mass is 19.4.